The van der Waals surface area contributed by atoms with Crippen LogP contribution in [-0.4, -0.2) is 12.7 Å². The second-order valence-corrected chi connectivity index (χ2v) is 4.68. The van der Waals surface area contributed by atoms with Crippen LogP contribution >= 0.6 is 0 Å². The summed E-state index contributed by atoms with van der Waals surface area (Å²) in [7, 11) is 0. The van der Waals surface area contributed by atoms with Crippen molar-refractivity contribution in [2.45, 2.75) is 72.8 Å². The highest BCUT2D eigenvalue weighted by Gasteiger charge is 2.19. The highest BCUT2D eigenvalue weighted by molar-refractivity contribution is 4.71. The van der Waals surface area contributed by atoms with E-state index in [1.807, 2.05) is 13.8 Å². The zero-order valence-corrected chi connectivity index (χ0v) is 11.4. The number of hydrogen-bond acceptors (Lipinski definition) is 1. The fourth-order valence-electron chi connectivity index (χ4n) is 2.13. The molecule has 0 aromatic carbocycles. The van der Waals surface area contributed by atoms with Crippen LogP contribution in [0.5, 0.6) is 0 Å². The molecule has 0 aromatic heterocycles. The van der Waals surface area contributed by atoms with Gasteiger partial charge in [-0.1, -0.05) is 40.0 Å². The van der Waals surface area contributed by atoms with Crippen molar-refractivity contribution < 1.29 is 4.74 Å². The van der Waals surface area contributed by atoms with Gasteiger partial charge in [-0.25, -0.2) is 0 Å². The smallest absolute Gasteiger partial charge is 0.0519 e. The molecule has 1 saturated carbocycles. The van der Waals surface area contributed by atoms with Gasteiger partial charge in [-0.05, 0) is 38.5 Å². The Morgan fingerprint density at radius 2 is 1.47 bits per heavy atom. The Balaban J connectivity index is 0.000000921. The van der Waals surface area contributed by atoms with Crippen LogP contribution in [-0.2, 0) is 4.74 Å². The van der Waals surface area contributed by atoms with Crippen molar-refractivity contribution in [1.29, 1.82) is 0 Å². The Hall–Kier alpha value is -0.0400. The second kappa shape index (κ2) is 9.21. The van der Waals surface area contributed by atoms with Gasteiger partial charge in [0.15, 0.2) is 0 Å². The van der Waals surface area contributed by atoms with E-state index in [0.717, 1.165) is 18.4 Å². The van der Waals surface area contributed by atoms with Gasteiger partial charge in [0, 0.05) is 6.61 Å². The van der Waals surface area contributed by atoms with Crippen LogP contribution in [0.4, 0.5) is 0 Å². The van der Waals surface area contributed by atoms with Crippen LogP contribution < -0.4 is 0 Å². The van der Waals surface area contributed by atoms with E-state index in [9.17, 15) is 0 Å². The number of hydrogen-bond donors (Lipinski definition) is 0. The normalized spacial score (nSPS) is 26.0. The average Bonchev–Trinajstić information content (AvgIpc) is 2.30. The van der Waals surface area contributed by atoms with Gasteiger partial charge in [0.25, 0.3) is 0 Å². The van der Waals surface area contributed by atoms with Crippen LogP contribution in [0.3, 0.4) is 0 Å². The fourth-order valence-corrected chi connectivity index (χ4v) is 2.13. The van der Waals surface area contributed by atoms with Crippen LogP contribution in [0.25, 0.3) is 0 Å². The first-order chi connectivity index (χ1) is 7.22. The maximum absolute atomic E-state index is 5.65. The summed E-state index contributed by atoms with van der Waals surface area (Å²) in [6.45, 7) is 11.6. The molecule has 0 spiro atoms. The molecule has 15 heavy (non-hydrogen) atoms. The summed E-state index contributed by atoms with van der Waals surface area (Å²) >= 11 is 0. The molecule has 1 rings (SSSR count). The van der Waals surface area contributed by atoms with Gasteiger partial charge in [-0.15, -0.1) is 0 Å². The third kappa shape index (κ3) is 6.94. The van der Waals surface area contributed by atoms with Gasteiger partial charge >= 0.3 is 0 Å². The third-order valence-corrected chi connectivity index (χ3v) is 3.21. The third-order valence-electron chi connectivity index (χ3n) is 3.21. The molecule has 1 nitrogen and oxygen atoms in total. The highest BCUT2D eigenvalue weighted by Crippen LogP contribution is 2.30. The van der Waals surface area contributed by atoms with Crippen molar-refractivity contribution in [2.24, 2.45) is 11.8 Å². The summed E-state index contributed by atoms with van der Waals surface area (Å²) in [5.41, 5.74) is 0. The molecule has 1 fully saturated rings. The second-order valence-electron chi connectivity index (χ2n) is 4.68. The maximum atomic E-state index is 5.65. The van der Waals surface area contributed by atoms with E-state index in [2.05, 4.69) is 20.8 Å². The zero-order chi connectivity index (χ0) is 11.7. The summed E-state index contributed by atoms with van der Waals surface area (Å²) in [5.74, 6) is 1.86. The van der Waals surface area contributed by atoms with E-state index >= 15 is 0 Å². The van der Waals surface area contributed by atoms with Gasteiger partial charge in [0.2, 0.25) is 0 Å². The maximum Gasteiger partial charge on any atom is 0.0519 e. The monoisotopic (exact) mass is 214 g/mol. The van der Waals surface area contributed by atoms with Crippen molar-refractivity contribution >= 4 is 0 Å². The Morgan fingerprint density at radius 1 is 1.00 bits per heavy atom. The molecule has 0 heterocycles. The molecule has 0 unspecified atom stereocenters. The summed E-state index contributed by atoms with van der Waals surface area (Å²) < 4.78 is 5.65. The van der Waals surface area contributed by atoms with Gasteiger partial charge in [-0.3, -0.25) is 0 Å². The van der Waals surface area contributed by atoms with Gasteiger partial charge in [-0.2, -0.15) is 0 Å². The van der Waals surface area contributed by atoms with Crippen LogP contribution in [0.15, 0.2) is 0 Å². The molecule has 0 aromatic rings. The number of rotatable bonds is 4. The van der Waals surface area contributed by atoms with E-state index in [4.69, 9.17) is 4.74 Å². The van der Waals surface area contributed by atoms with E-state index in [-0.39, 0.29) is 0 Å². The zero-order valence-electron chi connectivity index (χ0n) is 11.4. The first-order valence-electron chi connectivity index (χ1n) is 6.84. The van der Waals surface area contributed by atoms with Crippen molar-refractivity contribution in [3.05, 3.63) is 0 Å². The Bertz CT molecular complexity index is 123. The molecule has 1 aliphatic carbocycles. The topological polar surface area (TPSA) is 9.23 Å². The lowest BCUT2D eigenvalue weighted by atomic mass is 9.81. The first kappa shape index (κ1) is 15.0. The average molecular weight is 214 g/mol. The van der Waals surface area contributed by atoms with E-state index in [1.165, 1.54) is 32.1 Å². The molecule has 0 N–H and O–H groups in total. The molecule has 1 heteroatoms. The molecule has 0 saturated heterocycles. The minimum absolute atomic E-state index is 0.406. The largest absolute Gasteiger partial charge is 0.379 e. The molecule has 0 aliphatic heterocycles. The molecule has 0 amide bonds. The van der Waals surface area contributed by atoms with Crippen LogP contribution in [0, 0.1) is 11.8 Å². The fraction of sp³-hybridized carbons (Fsp3) is 1.00. The summed E-state index contributed by atoms with van der Waals surface area (Å²) in [6, 6.07) is 0. The lowest BCUT2D eigenvalue weighted by Crippen LogP contribution is -2.20. The molecular formula is C14H30O. The van der Waals surface area contributed by atoms with Crippen molar-refractivity contribution in [1.82, 2.24) is 0 Å². The summed E-state index contributed by atoms with van der Waals surface area (Å²) in [6.07, 6.45) is 7.43. The lowest BCUT2D eigenvalue weighted by molar-refractivity contribution is 0.0364. The molecule has 0 radical (unpaired) electrons. The molecule has 92 valence electrons. The Labute approximate surface area is 96.6 Å². The van der Waals surface area contributed by atoms with Crippen molar-refractivity contribution in [3.8, 4) is 0 Å². The minimum Gasteiger partial charge on any atom is -0.379 e. The predicted molar refractivity (Wildman–Crippen MR) is 68.2 cm³/mol. The Kier molecular flexibility index (Phi) is 9.18. The lowest BCUT2D eigenvalue weighted by Gasteiger charge is -2.28. The summed E-state index contributed by atoms with van der Waals surface area (Å²) in [5, 5.41) is 0. The van der Waals surface area contributed by atoms with Gasteiger partial charge in [0.1, 0.15) is 0 Å². The van der Waals surface area contributed by atoms with Crippen LogP contribution in [0.1, 0.15) is 66.7 Å². The van der Waals surface area contributed by atoms with E-state index < -0.39 is 0 Å². The number of ether oxygens (including phenoxy) is 1. The molecule has 0 bridgehead atoms. The molecule has 0 atom stereocenters. The van der Waals surface area contributed by atoms with Gasteiger partial charge < -0.3 is 4.74 Å². The quantitative estimate of drug-likeness (QED) is 0.661. The minimum atomic E-state index is 0.406. The van der Waals surface area contributed by atoms with E-state index in [0.29, 0.717) is 6.10 Å². The Morgan fingerprint density at radius 3 is 1.87 bits per heavy atom. The first-order valence-corrected chi connectivity index (χ1v) is 6.84. The highest BCUT2D eigenvalue weighted by atomic mass is 16.5. The van der Waals surface area contributed by atoms with Crippen LogP contribution in [0.2, 0.25) is 0 Å². The predicted octanol–water partition coefficient (Wildman–Crippen LogP) is 4.65. The van der Waals surface area contributed by atoms with E-state index in [1.54, 1.807) is 0 Å². The standard InChI is InChI=1S/C12H24O.C2H6/c1-4-11-5-7-12(8-6-11)9-13-10(2)3;1-2/h10-12H,4-9H2,1-3H3;1-2H3. The van der Waals surface area contributed by atoms with Gasteiger partial charge in [0.05, 0.1) is 6.10 Å². The SMILES string of the molecule is CC.CCC1CCC(COC(C)C)CC1. The van der Waals surface area contributed by atoms with Crippen molar-refractivity contribution in [3.63, 3.8) is 0 Å². The summed E-state index contributed by atoms with van der Waals surface area (Å²) in [4.78, 5) is 0. The van der Waals surface area contributed by atoms with Crippen molar-refractivity contribution in [2.75, 3.05) is 6.61 Å². The molecule has 1 aliphatic rings. The molecular weight excluding hydrogens is 184 g/mol.